The monoisotopic (exact) mass is 446 g/mol. The zero-order valence-electron chi connectivity index (χ0n) is 18.2. The number of halogens is 1. The highest BCUT2D eigenvalue weighted by Crippen LogP contribution is 2.26. The summed E-state index contributed by atoms with van der Waals surface area (Å²) in [5, 5.41) is 3.09. The van der Waals surface area contributed by atoms with Gasteiger partial charge in [0.25, 0.3) is 0 Å². The third kappa shape index (κ3) is 6.29. The number of anilines is 1. The van der Waals surface area contributed by atoms with E-state index in [1.54, 1.807) is 0 Å². The van der Waals surface area contributed by atoms with Gasteiger partial charge in [0.2, 0.25) is 15.9 Å². The first kappa shape index (κ1) is 23.3. The predicted octanol–water partition coefficient (Wildman–Crippen LogP) is 4.52. The molecule has 2 aromatic rings. The molecule has 0 heterocycles. The smallest absolute Gasteiger partial charge is 0.232 e. The van der Waals surface area contributed by atoms with Crippen LogP contribution in [0.1, 0.15) is 61.8 Å². The minimum Gasteiger partial charge on any atom is -0.349 e. The van der Waals surface area contributed by atoms with Crippen LogP contribution >= 0.6 is 0 Å². The van der Waals surface area contributed by atoms with Gasteiger partial charge in [-0.1, -0.05) is 25.1 Å². The fourth-order valence-corrected chi connectivity index (χ4v) is 5.10. The number of rotatable bonds is 9. The van der Waals surface area contributed by atoms with Crippen molar-refractivity contribution in [3.8, 4) is 0 Å². The van der Waals surface area contributed by atoms with Crippen LogP contribution in [0, 0.1) is 5.82 Å². The molecule has 0 fully saturated rings. The van der Waals surface area contributed by atoms with Crippen molar-refractivity contribution in [1.82, 2.24) is 5.32 Å². The van der Waals surface area contributed by atoms with E-state index in [9.17, 15) is 17.6 Å². The van der Waals surface area contributed by atoms with Crippen LogP contribution in [0.3, 0.4) is 0 Å². The Labute approximate surface area is 184 Å². The third-order valence-corrected chi connectivity index (χ3v) is 6.99. The molecule has 0 radical (unpaired) electrons. The zero-order valence-corrected chi connectivity index (χ0v) is 19.1. The third-order valence-electron chi connectivity index (χ3n) is 5.80. The molecule has 2 aromatic carbocycles. The highest BCUT2D eigenvalue weighted by atomic mass is 32.2. The van der Waals surface area contributed by atoms with Gasteiger partial charge in [-0.3, -0.25) is 9.10 Å². The lowest BCUT2D eigenvalue weighted by Crippen LogP contribution is -2.33. The van der Waals surface area contributed by atoms with E-state index < -0.39 is 15.8 Å². The normalized spacial score (nSPS) is 14.5. The van der Waals surface area contributed by atoms with Gasteiger partial charge < -0.3 is 5.32 Å². The molecule has 0 aromatic heterocycles. The molecule has 7 heteroatoms. The fraction of sp³-hybridized carbons (Fsp3) is 0.458. The van der Waals surface area contributed by atoms with Crippen LogP contribution in [-0.4, -0.2) is 27.1 Å². The fourth-order valence-electron chi connectivity index (χ4n) is 4.13. The second-order valence-electron chi connectivity index (χ2n) is 8.18. The quantitative estimate of drug-likeness (QED) is 0.616. The molecule has 0 aliphatic heterocycles. The van der Waals surface area contributed by atoms with Crippen LogP contribution in [0.15, 0.2) is 42.5 Å². The summed E-state index contributed by atoms with van der Waals surface area (Å²) in [5.74, 6) is -0.526. The molecule has 0 spiro atoms. The number of hydrogen-bond acceptors (Lipinski definition) is 3. The molecule has 0 saturated heterocycles. The lowest BCUT2D eigenvalue weighted by molar-refractivity contribution is -0.121. The first-order valence-electron chi connectivity index (χ1n) is 10.9. The van der Waals surface area contributed by atoms with Gasteiger partial charge in [-0.2, -0.15) is 0 Å². The largest absolute Gasteiger partial charge is 0.349 e. The number of nitrogens with zero attached hydrogens (tertiary/aromatic N) is 1. The second kappa shape index (κ2) is 10.3. The van der Waals surface area contributed by atoms with Gasteiger partial charge in [-0.05, 0) is 79.5 Å². The van der Waals surface area contributed by atoms with Crippen LogP contribution < -0.4 is 9.62 Å². The van der Waals surface area contributed by atoms with Gasteiger partial charge in [0.05, 0.1) is 18.0 Å². The lowest BCUT2D eigenvalue weighted by Gasteiger charge is -2.23. The number of benzene rings is 2. The molecular formula is C24H31FN2O3S. The van der Waals surface area contributed by atoms with Crippen molar-refractivity contribution in [2.24, 2.45) is 0 Å². The van der Waals surface area contributed by atoms with E-state index in [2.05, 4.69) is 23.5 Å². The zero-order chi connectivity index (χ0) is 22.4. The molecule has 0 saturated carbocycles. The summed E-state index contributed by atoms with van der Waals surface area (Å²) >= 11 is 0. The molecule has 0 bridgehead atoms. The molecule has 1 N–H and O–H groups in total. The van der Waals surface area contributed by atoms with Crippen molar-refractivity contribution >= 4 is 21.6 Å². The molecule has 168 valence electrons. The summed E-state index contributed by atoms with van der Waals surface area (Å²) in [6.45, 7) is 2.21. The lowest BCUT2D eigenvalue weighted by atomic mass is 9.89. The Morgan fingerprint density at radius 2 is 1.77 bits per heavy atom. The molecule has 31 heavy (non-hydrogen) atoms. The van der Waals surface area contributed by atoms with Gasteiger partial charge in [0, 0.05) is 13.0 Å². The minimum absolute atomic E-state index is 0.0529. The Kier molecular flexibility index (Phi) is 7.70. The van der Waals surface area contributed by atoms with E-state index in [1.807, 2.05) is 6.92 Å². The van der Waals surface area contributed by atoms with Crippen molar-refractivity contribution in [2.75, 3.05) is 17.1 Å². The van der Waals surface area contributed by atoms with Crippen molar-refractivity contribution < 1.29 is 17.6 Å². The second-order valence-corrected chi connectivity index (χ2v) is 10.1. The van der Waals surface area contributed by atoms with Crippen molar-refractivity contribution in [3.05, 3.63) is 65.0 Å². The number of sulfonamides is 1. The highest BCUT2D eigenvalue weighted by molar-refractivity contribution is 7.92. The summed E-state index contributed by atoms with van der Waals surface area (Å²) in [6, 6.07) is 11.8. The van der Waals surface area contributed by atoms with Crippen molar-refractivity contribution in [1.29, 1.82) is 0 Å². The number of hydrogen-bond donors (Lipinski definition) is 1. The Morgan fingerprint density at radius 3 is 2.42 bits per heavy atom. The Morgan fingerprint density at radius 1 is 1.10 bits per heavy atom. The van der Waals surface area contributed by atoms with E-state index in [0.29, 0.717) is 12.1 Å². The van der Waals surface area contributed by atoms with Gasteiger partial charge in [0.15, 0.2) is 0 Å². The van der Waals surface area contributed by atoms with E-state index in [0.717, 1.165) is 31.1 Å². The number of fused-ring (bicyclic) bond motifs is 1. The maximum absolute atomic E-state index is 13.2. The van der Waals surface area contributed by atoms with E-state index >= 15 is 0 Å². The molecule has 1 aliphatic rings. The number of amides is 1. The predicted molar refractivity (Wildman–Crippen MR) is 122 cm³/mol. The molecule has 1 aliphatic carbocycles. The highest BCUT2D eigenvalue weighted by Gasteiger charge is 2.19. The van der Waals surface area contributed by atoms with Gasteiger partial charge in [-0.15, -0.1) is 0 Å². The first-order valence-corrected chi connectivity index (χ1v) is 12.8. The Balaban J connectivity index is 1.58. The average molecular weight is 447 g/mol. The summed E-state index contributed by atoms with van der Waals surface area (Å²) in [6.07, 6.45) is 7.16. The van der Waals surface area contributed by atoms with E-state index in [-0.39, 0.29) is 24.9 Å². The van der Waals surface area contributed by atoms with Gasteiger partial charge in [0.1, 0.15) is 5.82 Å². The minimum atomic E-state index is -3.53. The van der Waals surface area contributed by atoms with Gasteiger partial charge in [-0.25, -0.2) is 12.8 Å². The molecular weight excluding hydrogens is 415 g/mol. The summed E-state index contributed by atoms with van der Waals surface area (Å²) in [7, 11) is -3.53. The molecule has 5 nitrogen and oxygen atoms in total. The number of carbonyl (C=O) groups excluding carboxylic acids is 1. The van der Waals surface area contributed by atoms with E-state index in [4.69, 9.17) is 0 Å². The summed E-state index contributed by atoms with van der Waals surface area (Å²) < 4.78 is 38.7. The molecule has 1 unspecified atom stereocenters. The van der Waals surface area contributed by atoms with Crippen molar-refractivity contribution in [3.63, 3.8) is 0 Å². The average Bonchev–Trinajstić information content (AvgIpc) is 2.75. The topological polar surface area (TPSA) is 66.5 Å². The molecule has 1 atom stereocenters. The SMILES string of the molecule is CCC(NC(=O)CCCN(c1ccc(F)cc1)S(C)(=O)=O)c1ccc2c(c1)CCCC2. The summed E-state index contributed by atoms with van der Waals surface area (Å²) in [5.41, 5.74) is 4.32. The Hall–Kier alpha value is -2.41. The van der Waals surface area contributed by atoms with E-state index in [1.165, 1.54) is 52.5 Å². The van der Waals surface area contributed by atoms with Crippen LogP contribution in [0.4, 0.5) is 10.1 Å². The van der Waals surface area contributed by atoms with Crippen LogP contribution in [0.25, 0.3) is 0 Å². The summed E-state index contributed by atoms with van der Waals surface area (Å²) in [4.78, 5) is 12.6. The maximum Gasteiger partial charge on any atom is 0.232 e. The first-order chi connectivity index (χ1) is 14.8. The standard InChI is InChI=1S/C24H31FN2O3S/c1-3-23(20-11-10-18-7-4-5-8-19(18)17-20)26-24(28)9-6-16-27(31(2,29)30)22-14-12-21(25)13-15-22/h10-15,17,23H,3-9,16H2,1-2H3,(H,26,28). The van der Waals surface area contributed by atoms with Crippen LogP contribution in [0.5, 0.6) is 0 Å². The number of nitrogens with one attached hydrogen (secondary N) is 1. The van der Waals surface area contributed by atoms with Gasteiger partial charge >= 0.3 is 0 Å². The number of carbonyl (C=O) groups is 1. The molecule has 1 amide bonds. The molecule has 3 rings (SSSR count). The van der Waals surface area contributed by atoms with Crippen LogP contribution in [0.2, 0.25) is 0 Å². The Bertz CT molecular complexity index is 1010. The number of aryl methyl sites for hydroxylation is 2. The van der Waals surface area contributed by atoms with Crippen LogP contribution in [-0.2, 0) is 27.7 Å². The maximum atomic E-state index is 13.2. The van der Waals surface area contributed by atoms with Crippen molar-refractivity contribution in [2.45, 2.75) is 57.9 Å².